The fraction of sp³-hybridized carbons (Fsp3) is 0.423. The van der Waals surface area contributed by atoms with Crippen molar-refractivity contribution in [3.63, 3.8) is 0 Å². The number of aromatic carboxylic acids is 1. The van der Waals surface area contributed by atoms with Gasteiger partial charge in [-0.1, -0.05) is 0 Å². The lowest BCUT2D eigenvalue weighted by Gasteiger charge is -2.37. The average molecular weight is 513 g/mol. The minimum absolute atomic E-state index is 0.0615. The summed E-state index contributed by atoms with van der Waals surface area (Å²) in [6.45, 7) is 3.34. The largest absolute Gasteiger partial charge is 0.506 e. The van der Waals surface area contributed by atoms with Gasteiger partial charge >= 0.3 is 5.97 Å². The number of benzene rings is 1. The van der Waals surface area contributed by atoms with Crippen molar-refractivity contribution in [1.29, 1.82) is 0 Å². The quantitative estimate of drug-likeness (QED) is 0.374. The molecule has 37 heavy (non-hydrogen) atoms. The molecule has 3 heterocycles. The fourth-order valence-electron chi connectivity index (χ4n) is 5.12. The number of aliphatic hydroxyl groups excluding tert-OH is 2. The number of piperazine rings is 1. The number of aliphatic hydroxyl groups is 2. The first kappa shape index (κ1) is 25.1. The zero-order valence-electron chi connectivity index (χ0n) is 20.4. The summed E-state index contributed by atoms with van der Waals surface area (Å²) in [6.07, 6.45) is 3.11. The van der Waals surface area contributed by atoms with Gasteiger partial charge in [0.2, 0.25) is 5.43 Å². The van der Waals surface area contributed by atoms with E-state index in [1.54, 1.807) is 17.6 Å². The second-order valence-electron chi connectivity index (χ2n) is 9.67. The molecule has 0 atom stereocenters. The average Bonchev–Trinajstić information content (AvgIpc) is 3.72. The summed E-state index contributed by atoms with van der Waals surface area (Å²) in [4.78, 5) is 32.5. The second kappa shape index (κ2) is 9.73. The Labute approximate surface area is 211 Å². The van der Waals surface area contributed by atoms with Crippen LogP contribution in [0.25, 0.3) is 10.9 Å². The monoisotopic (exact) mass is 512 g/mol. The molecule has 1 saturated carbocycles. The maximum atomic E-state index is 15.2. The summed E-state index contributed by atoms with van der Waals surface area (Å²) in [5.74, 6) is -1.99. The standard InChI is InChI=1S/C26H29FN4O6/c1-14-24(34)19(12-32)17(21(13-33)28-14)10-29-4-6-30(7-5-29)23-9-22-16(8-20(23)27)25(35)18(26(36)37)11-31(22)15-2-3-15/h8-9,11,15,32-34H,2-7,10,12-13H2,1H3,(H,36,37). The molecule has 0 amide bonds. The van der Waals surface area contributed by atoms with Crippen LogP contribution in [-0.4, -0.2) is 67.0 Å². The maximum absolute atomic E-state index is 15.2. The summed E-state index contributed by atoms with van der Waals surface area (Å²) in [5, 5.41) is 39.4. The number of pyridine rings is 2. The van der Waals surface area contributed by atoms with Crippen molar-refractivity contribution in [3.05, 3.63) is 62.4 Å². The fourth-order valence-corrected chi connectivity index (χ4v) is 5.12. The summed E-state index contributed by atoms with van der Waals surface area (Å²) in [6, 6.07) is 2.88. The van der Waals surface area contributed by atoms with Gasteiger partial charge in [0.25, 0.3) is 0 Å². The first-order chi connectivity index (χ1) is 17.7. The van der Waals surface area contributed by atoms with Crippen molar-refractivity contribution in [3.8, 4) is 5.75 Å². The van der Waals surface area contributed by atoms with Gasteiger partial charge < -0.3 is 29.9 Å². The van der Waals surface area contributed by atoms with Crippen molar-refractivity contribution < 1.29 is 29.6 Å². The Kier molecular flexibility index (Phi) is 6.61. The number of halogens is 1. The lowest BCUT2D eigenvalue weighted by Crippen LogP contribution is -2.46. The van der Waals surface area contributed by atoms with Crippen molar-refractivity contribution in [1.82, 2.24) is 14.5 Å². The van der Waals surface area contributed by atoms with Crippen LogP contribution < -0.4 is 10.3 Å². The van der Waals surface area contributed by atoms with E-state index in [9.17, 15) is 30.0 Å². The van der Waals surface area contributed by atoms with E-state index in [0.717, 1.165) is 18.9 Å². The van der Waals surface area contributed by atoms with Crippen LogP contribution in [0.3, 0.4) is 0 Å². The van der Waals surface area contributed by atoms with Crippen LogP contribution >= 0.6 is 0 Å². The SMILES string of the molecule is Cc1nc(CO)c(CN2CCN(c3cc4c(cc3F)c(=O)c(C(=O)O)cn4C3CC3)CC2)c(CO)c1O. The predicted octanol–water partition coefficient (Wildman–Crippen LogP) is 1.89. The Morgan fingerprint density at radius 1 is 1.11 bits per heavy atom. The Hall–Kier alpha value is -3.54. The highest BCUT2D eigenvalue weighted by atomic mass is 19.1. The molecule has 2 fully saturated rings. The van der Waals surface area contributed by atoms with E-state index in [2.05, 4.69) is 9.88 Å². The molecule has 2 aliphatic rings. The van der Waals surface area contributed by atoms with Crippen LogP contribution in [0.5, 0.6) is 5.75 Å². The second-order valence-corrected chi connectivity index (χ2v) is 9.67. The number of aromatic nitrogens is 2. The molecule has 0 bridgehead atoms. The number of fused-ring (bicyclic) bond motifs is 1. The van der Waals surface area contributed by atoms with Gasteiger partial charge in [-0.15, -0.1) is 0 Å². The summed E-state index contributed by atoms with van der Waals surface area (Å²) in [5.41, 5.74) is 1.50. The van der Waals surface area contributed by atoms with Gasteiger partial charge in [0, 0.05) is 55.9 Å². The Morgan fingerprint density at radius 2 is 1.81 bits per heavy atom. The minimum Gasteiger partial charge on any atom is -0.506 e. The topological polar surface area (TPSA) is 139 Å². The molecular formula is C26H29FN4O6. The number of aryl methyl sites for hydroxylation is 1. The third kappa shape index (κ3) is 4.54. The highest BCUT2D eigenvalue weighted by Gasteiger charge is 2.29. The third-order valence-electron chi connectivity index (χ3n) is 7.32. The lowest BCUT2D eigenvalue weighted by molar-refractivity contribution is 0.0694. The highest BCUT2D eigenvalue weighted by Crippen LogP contribution is 2.38. The minimum atomic E-state index is -1.33. The number of hydrogen-bond acceptors (Lipinski definition) is 8. The molecule has 11 heteroatoms. The molecule has 10 nitrogen and oxygen atoms in total. The van der Waals surface area contributed by atoms with Gasteiger partial charge in [-0.05, 0) is 37.5 Å². The van der Waals surface area contributed by atoms with E-state index in [1.807, 2.05) is 4.90 Å². The van der Waals surface area contributed by atoms with E-state index < -0.39 is 17.2 Å². The number of carbonyl (C=O) groups is 1. The number of hydrogen-bond donors (Lipinski definition) is 4. The van der Waals surface area contributed by atoms with Gasteiger partial charge in [-0.25, -0.2) is 9.18 Å². The summed E-state index contributed by atoms with van der Waals surface area (Å²) in [7, 11) is 0. The number of carboxylic acids is 1. The molecule has 1 aliphatic carbocycles. The van der Waals surface area contributed by atoms with Crippen LogP contribution in [0.15, 0.2) is 23.1 Å². The van der Waals surface area contributed by atoms with E-state index in [0.29, 0.717) is 66.4 Å². The molecule has 1 aromatic carbocycles. The number of nitrogens with zero attached hydrogens (tertiary/aromatic N) is 4. The molecule has 3 aromatic rings. The molecule has 0 unspecified atom stereocenters. The van der Waals surface area contributed by atoms with Crippen LogP contribution in [0, 0.1) is 12.7 Å². The molecular weight excluding hydrogens is 483 g/mol. The first-order valence-electron chi connectivity index (χ1n) is 12.2. The van der Waals surface area contributed by atoms with Crippen LogP contribution in [-0.2, 0) is 19.8 Å². The number of aromatic hydroxyl groups is 1. The summed E-state index contributed by atoms with van der Waals surface area (Å²) >= 11 is 0. The van der Waals surface area contributed by atoms with Gasteiger partial charge in [0.05, 0.1) is 35.8 Å². The molecule has 196 valence electrons. The summed E-state index contributed by atoms with van der Waals surface area (Å²) < 4.78 is 17.0. The molecule has 0 spiro atoms. The Balaban J connectivity index is 1.41. The van der Waals surface area contributed by atoms with Gasteiger partial charge in [-0.3, -0.25) is 14.7 Å². The number of rotatable bonds is 7. The van der Waals surface area contributed by atoms with E-state index in [-0.39, 0.29) is 36.0 Å². The van der Waals surface area contributed by atoms with Gasteiger partial charge in [0.1, 0.15) is 17.1 Å². The first-order valence-corrected chi connectivity index (χ1v) is 12.2. The molecule has 1 aliphatic heterocycles. The van der Waals surface area contributed by atoms with Crippen molar-refractivity contribution in [2.24, 2.45) is 0 Å². The smallest absolute Gasteiger partial charge is 0.341 e. The maximum Gasteiger partial charge on any atom is 0.341 e. The zero-order chi connectivity index (χ0) is 26.4. The van der Waals surface area contributed by atoms with E-state index >= 15 is 4.39 Å². The Bertz CT molecular complexity index is 1440. The molecule has 1 saturated heterocycles. The Morgan fingerprint density at radius 3 is 2.41 bits per heavy atom. The molecule has 2 aromatic heterocycles. The number of anilines is 1. The van der Waals surface area contributed by atoms with E-state index in [4.69, 9.17) is 0 Å². The van der Waals surface area contributed by atoms with E-state index in [1.165, 1.54) is 6.20 Å². The van der Waals surface area contributed by atoms with Crippen LogP contribution in [0.1, 0.15) is 51.8 Å². The van der Waals surface area contributed by atoms with Crippen molar-refractivity contribution in [2.75, 3.05) is 31.1 Å². The molecule has 5 rings (SSSR count). The third-order valence-corrected chi connectivity index (χ3v) is 7.32. The molecule has 4 N–H and O–H groups in total. The predicted molar refractivity (Wildman–Crippen MR) is 133 cm³/mol. The van der Waals surface area contributed by atoms with Crippen molar-refractivity contribution in [2.45, 2.75) is 45.6 Å². The van der Waals surface area contributed by atoms with Crippen molar-refractivity contribution >= 4 is 22.6 Å². The highest BCUT2D eigenvalue weighted by molar-refractivity contribution is 5.93. The van der Waals surface area contributed by atoms with Gasteiger partial charge in [-0.2, -0.15) is 0 Å². The molecule has 0 radical (unpaired) electrons. The van der Waals surface area contributed by atoms with Crippen LogP contribution in [0.4, 0.5) is 10.1 Å². The zero-order valence-corrected chi connectivity index (χ0v) is 20.4. The number of carboxylic acid groups (broad SMARTS) is 1. The van der Waals surface area contributed by atoms with Crippen LogP contribution in [0.2, 0.25) is 0 Å². The normalized spacial score (nSPS) is 16.5. The van der Waals surface area contributed by atoms with Gasteiger partial charge in [0.15, 0.2) is 0 Å². The lowest BCUT2D eigenvalue weighted by atomic mass is 10.0.